The third-order valence-corrected chi connectivity index (χ3v) is 6.06. The maximum atomic E-state index is 12.6. The molecule has 3 rings (SSSR count). The van der Waals surface area contributed by atoms with Crippen molar-refractivity contribution in [3.63, 3.8) is 0 Å². The van der Waals surface area contributed by atoms with Crippen LogP contribution in [0.1, 0.15) is 5.56 Å². The minimum atomic E-state index is -4.81. The Hall–Kier alpha value is -1.06. The average Bonchev–Trinajstić information content (AvgIpc) is 2.65. The van der Waals surface area contributed by atoms with Crippen LogP contribution in [0.15, 0.2) is 62.5 Å². The van der Waals surface area contributed by atoms with Crippen molar-refractivity contribution in [2.75, 3.05) is 7.11 Å². The van der Waals surface area contributed by atoms with Crippen molar-refractivity contribution >= 4 is 42.4 Å². The van der Waals surface area contributed by atoms with Crippen LogP contribution in [-0.4, -0.2) is 33.1 Å². The molecule has 0 aliphatic heterocycles. The van der Waals surface area contributed by atoms with E-state index in [4.69, 9.17) is 4.74 Å². The van der Waals surface area contributed by atoms with Crippen molar-refractivity contribution in [2.45, 2.75) is 16.7 Å². The van der Waals surface area contributed by atoms with Gasteiger partial charge in [0, 0.05) is 11.5 Å². The first-order valence-electron chi connectivity index (χ1n) is 8.20. The molecule has 10 nitrogen and oxygen atoms in total. The molecule has 0 fully saturated rings. The Morgan fingerprint density at radius 1 is 0.969 bits per heavy atom. The summed E-state index contributed by atoms with van der Waals surface area (Å²) in [5.41, 5.74) is -0.261. The summed E-state index contributed by atoms with van der Waals surface area (Å²) in [5.74, 6) is -1.16. The summed E-state index contributed by atoms with van der Waals surface area (Å²) < 4.78 is 71.6. The standard InChI is InChI=1S/C18H16N2O8S2.2Na/c1-10-7-13(14(28-2)9-15(10)29(22,23)24)19-20-17-12-6-4-3-5-11(12)8-16(18(17)21)30(25,26)27;;/h3-9,21H,1-2H3,(H,22,23,24)(H,25,26,27);;/q;2*+1/p-2. The zero-order chi connectivity index (χ0) is 22.3. The largest absolute Gasteiger partial charge is 1.00 e. The fourth-order valence-corrected chi connectivity index (χ4v) is 4.16. The van der Waals surface area contributed by atoms with Gasteiger partial charge in [-0.25, -0.2) is 8.42 Å². The van der Waals surface area contributed by atoms with Crippen molar-refractivity contribution < 1.29 is 94.9 Å². The summed E-state index contributed by atoms with van der Waals surface area (Å²) in [6.45, 7) is 1.37. The Bertz CT molecular complexity index is 1410. The van der Waals surface area contributed by atoms with Crippen molar-refractivity contribution in [2.24, 2.45) is 10.2 Å². The van der Waals surface area contributed by atoms with Gasteiger partial charge in [0.05, 0.1) is 22.6 Å². The molecule has 0 radical (unpaired) electrons. The minimum Gasteiger partial charge on any atom is -0.870 e. The van der Waals surface area contributed by atoms with E-state index in [1.54, 1.807) is 12.1 Å². The number of nitrogens with zero attached hydrogens (tertiary/aromatic N) is 2. The molecule has 3 aromatic rings. The van der Waals surface area contributed by atoms with E-state index >= 15 is 0 Å². The molecule has 0 aliphatic carbocycles. The van der Waals surface area contributed by atoms with E-state index in [0.717, 1.165) is 12.1 Å². The van der Waals surface area contributed by atoms with Crippen LogP contribution in [0.3, 0.4) is 0 Å². The Morgan fingerprint density at radius 2 is 1.59 bits per heavy atom. The topological polar surface area (TPSA) is 169 Å². The summed E-state index contributed by atoms with van der Waals surface area (Å²) in [6.07, 6.45) is 0. The van der Waals surface area contributed by atoms with Gasteiger partial charge in [0.1, 0.15) is 21.6 Å². The normalized spacial score (nSPS) is 11.8. The second-order valence-corrected chi connectivity index (χ2v) is 8.93. The zero-order valence-electron chi connectivity index (χ0n) is 17.6. The average molecular weight is 496 g/mol. The van der Waals surface area contributed by atoms with Crippen LogP contribution in [0.2, 0.25) is 0 Å². The van der Waals surface area contributed by atoms with E-state index < -0.39 is 35.8 Å². The van der Waals surface area contributed by atoms with Gasteiger partial charge in [-0.15, -0.1) is 5.11 Å². The summed E-state index contributed by atoms with van der Waals surface area (Å²) >= 11 is 0. The molecule has 0 atom stereocenters. The smallest absolute Gasteiger partial charge is 0.870 e. The van der Waals surface area contributed by atoms with Gasteiger partial charge in [-0.2, -0.15) is 13.5 Å². The number of benzene rings is 3. The van der Waals surface area contributed by atoms with Gasteiger partial charge < -0.3 is 14.4 Å². The quantitative estimate of drug-likeness (QED) is 0.219. The Morgan fingerprint density at radius 3 is 2.16 bits per heavy atom. The first-order chi connectivity index (χ1) is 13.9. The van der Waals surface area contributed by atoms with Crippen molar-refractivity contribution in [1.82, 2.24) is 0 Å². The molecule has 0 aromatic heterocycles. The number of azo groups is 1. The number of aryl methyl sites for hydroxylation is 1. The van der Waals surface area contributed by atoms with Gasteiger partial charge in [0.25, 0.3) is 10.1 Å². The molecule has 1 N–H and O–H groups in total. The molecule has 14 heteroatoms. The molecule has 32 heavy (non-hydrogen) atoms. The molecule has 0 amide bonds. The molecular formula is C18H14N2Na2O8S2. The van der Waals surface area contributed by atoms with E-state index in [9.17, 15) is 31.0 Å². The van der Waals surface area contributed by atoms with E-state index in [-0.39, 0.29) is 87.2 Å². The molecule has 0 unspecified atom stereocenters. The Kier molecular flexibility index (Phi) is 9.88. The Labute approximate surface area is 228 Å². The maximum absolute atomic E-state index is 12.6. The van der Waals surface area contributed by atoms with E-state index in [1.807, 2.05) is 0 Å². The zero-order valence-corrected chi connectivity index (χ0v) is 23.2. The molecule has 0 heterocycles. The molecular weight excluding hydrogens is 482 g/mol. The minimum absolute atomic E-state index is 0. The SMILES string of the molecule is COc1cc(S(=O)(=O)[O-])c(C)cc1N=Nc1c([O-])c(S(=O)(=O)O)cc2ccccc12.[Na+].[Na+]. The van der Waals surface area contributed by atoms with Crippen LogP contribution in [0.4, 0.5) is 11.4 Å². The van der Waals surface area contributed by atoms with Gasteiger partial charge in [-0.05, 0) is 30.0 Å². The van der Waals surface area contributed by atoms with Crippen LogP contribution in [-0.2, 0) is 20.2 Å². The second kappa shape index (κ2) is 10.9. The van der Waals surface area contributed by atoms with Crippen molar-refractivity contribution in [3.8, 4) is 11.5 Å². The van der Waals surface area contributed by atoms with Crippen LogP contribution < -0.4 is 69.0 Å². The fourth-order valence-electron chi connectivity index (χ4n) is 2.84. The van der Waals surface area contributed by atoms with E-state index in [1.165, 1.54) is 32.2 Å². The van der Waals surface area contributed by atoms with Crippen LogP contribution >= 0.6 is 0 Å². The molecule has 0 saturated heterocycles. The number of fused-ring (bicyclic) bond motifs is 1. The first-order valence-corrected chi connectivity index (χ1v) is 11.0. The molecule has 158 valence electrons. The summed E-state index contributed by atoms with van der Waals surface area (Å²) in [4.78, 5) is -1.35. The number of methoxy groups -OCH3 is 1. The predicted octanol–water partition coefficient (Wildman–Crippen LogP) is -3.20. The number of ether oxygens (including phenoxy) is 1. The van der Waals surface area contributed by atoms with Crippen LogP contribution in [0.5, 0.6) is 11.5 Å². The predicted molar refractivity (Wildman–Crippen MR) is 103 cm³/mol. The van der Waals surface area contributed by atoms with Gasteiger partial charge in [0.2, 0.25) is 0 Å². The molecule has 0 aliphatic rings. The van der Waals surface area contributed by atoms with Crippen LogP contribution in [0, 0.1) is 6.92 Å². The maximum Gasteiger partial charge on any atom is 1.00 e. The number of rotatable bonds is 5. The molecule has 0 bridgehead atoms. The van der Waals surface area contributed by atoms with Gasteiger partial charge in [0.15, 0.2) is 0 Å². The van der Waals surface area contributed by atoms with E-state index in [0.29, 0.717) is 5.39 Å². The number of hydrogen-bond donors (Lipinski definition) is 1. The summed E-state index contributed by atoms with van der Waals surface area (Å²) in [7, 11) is -8.35. The van der Waals surface area contributed by atoms with E-state index in [2.05, 4.69) is 10.2 Å². The van der Waals surface area contributed by atoms with Gasteiger partial charge in [-0.3, -0.25) is 4.55 Å². The third-order valence-electron chi connectivity index (χ3n) is 4.22. The first kappa shape index (κ1) is 29.0. The van der Waals surface area contributed by atoms with Gasteiger partial charge in [-0.1, -0.05) is 30.0 Å². The monoisotopic (exact) mass is 496 g/mol. The molecule has 3 aromatic carbocycles. The van der Waals surface area contributed by atoms with Crippen molar-refractivity contribution in [3.05, 3.63) is 48.0 Å². The fraction of sp³-hybridized carbons (Fsp3) is 0.111. The molecule has 0 saturated carbocycles. The third kappa shape index (κ3) is 6.08. The molecule has 0 spiro atoms. The Balaban J connectivity index is 0.00000256. The van der Waals surface area contributed by atoms with Crippen LogP contribution in [0.25, 0.3) is 10.8 Å². The summed E-state index contributed by atoms with van der Waals surface area (Å²) in [5, 5.41) is 21.0. The second-order valence-electron chi connectivity index (χ2n) is 6.19. The number of hydrogen-bond acceptors (Lipinski definition) is 9. The van der Waals surface area contributed by atoms with Crippen molar-refractivity contribution in [1.29, 1.82) is 0 Å². The summed E-state index contributed by atoms with van der Waals surface area (Å²) in [6, 6.07) is 9.51. The van der Waals surface area contributed by atoms with Gasteiger partial charge >= 0.3 is 59.1 Å².